The third kappa shape index (κ3) is 4.59. The molecule has 1 aliphatic rings. The summed E-state index contributed by atoms with van der Waals surface area (Å²) in [6.45, 7) is 7.95. The Morgan fingerprint density at radius 2 is 2.16 bits per heavy atom. The number of hydrogen-bond donors (Lipinski definition) is 1. The van der Waals surface area contributed by atoms with Gasteiger partial charge in [-0.1, -0.05) is 41.9 Å². The average Bonchev–Trinajstić information content (AvgIpc) is 3.23. The van der Waals surface area contributed by atoms with Gasteiger partial charge in [0.15, 0.2) is 0 Å². The van der Waals surface area contributed by atoms with E-state index in [0.29, 0.717) is 6.04 Å². The van der Waals surface area contributed by atoms with Crippen LogP contribution in [0.5, 0.6) is 0 Å². The van der Waals surface area contributed by atoms with Crippen LogP contribution in [-0.4, -0.2) is 30.6 Å². The smallest absolute Gasteiger partial charge is 0.0318 e. The second-order valence-corrected chi connectivity index (χ2v) is 6.25. The summed E-state index contributed by atoms with van der Waals surface area (Å²) in [5, 5.41) is 3.70. The van der Waals surface area contributed by atoms with Crippen LogP contribution in [0.4, 0.5) is 0 Å². The lowest BCUT2D eigenvalue weighted by Gasteiger charge is -2.23. The van der Waals surface area contributed by atoms with E-state index in [2.05, 4.69) is 64.3 Å². The highest BCUT2D eigenvalue weighted by Crippen LogP contribution is 2.26. The number of hydrogen-bond acceptors (Lipinski definition) is 2. The summed E-state index contributed by atoms with van der Waals surface area (Å²) in [7, 11) is 0. The highest BCUT2D eigenvalue weighted by atomic mass is 79.9. The molecule has 1 aromatic rings. The van der Waals surface area contributed by atoms with Gasteiger partial charge in [-0.15, -0.1) is 0 Å². The van der Waals surface area contributed by atoms with Crippen LogP contribution in [0.3, 0.4) is 0 Å². The topological polar surface area (TPSA) is 15.3 Å². The van der Waals surface area contributed by atoms with Crippen molar-refractivity contribution in [3.63, 3.8) is 0 Å². The highest BCUT2D eigenvalue weighted by Gasteiger charge is 2.27. The summed E-state index contributed by atoms with van der Waals surface area (Å²) in [4.78, 5) is 2.60. The lowest BCUT2D eigenvalue weighted by Crippen LogP contribution is -2.35. The van der Waals surface area contributed by atoms with Gasteiger partial charge in [-0.2, -0.15) is 0 Å². The Bertz CT molecular complexity index is 390. The lowest BCUT2D eigenvalue weighted by molar-refractivity contribution is 0.271. The standard InChI is InChI=1S/C16H25BrN2/c1-3-16(13-6-5-7-14(17)12-13)18-10-11-19(4-2)15-8-9-15/h5-7,12,15-16,18H,3-4,8-11H2,1-2H3. The zero-order valence-electron chi connectivity index (χ0n) is 12.0. The van der Waals surface area contributed by atoms with Crippen molar-refractivity contribution in [3.05, 3.63) is 34.3 Å². The van der Waals surface area contributed by atoms with Gasteiger partial charge < -0.3 is 5.32 Å². The van der Waals surface area contributed by atoms with E-state index in [0.717, 1.165) is 19.0 Å². The SMILES string of the molecule is CCC(NCCN(CC)C1CC1)c1cccc(Br)c1. The molecule has 0 aliphatic heterocycles. The Morgan fingerprint density at radius 1 is 1.37 bits per heavy atom. The third-order valence-electron chi connectivity index (χ3n) is 3.92. The minimum absolute atomic E-state index is 0.468. The van der Waals surface area contributed by atoms with Gasteiger partial charge >= 0.3 is 0 Å². The molecule has 0 saturated heterocycles. The van der Waals surface area contributed by atoms with Crippen molar-refractivity contribution in [2.45, 2.75) is 45.2 Å². The van der Waals surface area contributed by atoms with Crippen molar-refractivity contribution >= 4 is 15.9 Å². The fourth-order valence-corrected chi connectivity index (χ4v) is 3.06. The lowest BCUT2D eigenvalue weighted by atomic mass is 10.0. The van der Waals surface area contributed by atoms with Crippen LogP contribution in [0.1, 0.15) is 44.7 Å². The van der Waals surface area contributed by atoms with Crippen molar-refractivity contribution in [3.8, 4) is 0 Å². The molecule has 19 heavy (non-hydrogen) atoms. The second kappa shape index (κ2) is 7.41. The normalized spacial score (nSPS) is 16.8. The van der Waals surface area contributed by atoms with Crippen LogP contribution in [0.15, 0.2) is 28.7 Å². The molecule has 2 rings (SSSR count). The van der Waals surface area contributed by atoms with Crippen LogP contribution in [0, 0.1) is 0 Å². The minimum Gasteiger partial charge on any atom is -0.309 e. The molecule has 1 unspecified atom stereocenters. The van der Waals surface area contributed by atoms with E-state index in [9.17, 15) is 0 Å². The maximum absolute atomic E-state index is 3.70. The molecule has 1 saturated carbocycles. The fourth-order valence-electron chi connectivity index (χ4n) is 2.64. The summed E-state index contributed by atoms with van der Waals surface area (Å²) in [5.41, 5.74) is 1.38. The Morgan fingerprint density at radius 3 is 2.74 bits per heavy atom. The Hall–Kier alpha value is -0.380. The van der Waals surface area contributed by atoms with Crippen LogP contribution in [0.25, 0.3) is 0 Å². The molecular weight excluding hydrogens is 300 g/mol. The molecule has 0 amide bonds. The summed E-state index contributed by atoms with van der Waals surface area (Å²) in [6.07, 6.45) is 3.93. The predicted octanol–water partition coefficient (Wildman–Crippen LogP) is 3.97. The molecule has 0 aromatic heterocycles. The Labute approximate surface area is 125 Å². The summed E-state index contributed by atoms with van der Waals surface area (Å²) < 4.78 is 1.17. The van der Waals surface area contributed by atoms with Gasteiger partial charge in [-0.25, -0.2) is 0 Å². The maximum Gasteiger partial charge on any atom is 0.0318 e. The molecule has 1 aromatic carbocycles. The largest absolute Gasteiger partial charge is 0.309 e. The van der Waals surface area contributed by atoms with Crippen LogP contribution in [-0.2, 0) is 0 Å². The quantitative estimate of drug-likeness (QED) is 0.778. The maximum atomic E-state index is 3.70. The minimum atomic E-state index is 0.468. The molecule has 2 nitrogen and oxygen atoms in total. The first kappa shape index (κ1) is 15.0. The van der Waals surface area contributed by atoms with Crippen LogP contribution in [0.2, 0.25) is 0 Å². The van der Waals surface area contributed by atoms with E-state index in [1.54, 1.807) is 0 Å². The number of halogens is 1. The van der Waals surface area contributed by atoms with Crippen molar-refractivity contribution in [1.82, 2.24) is 10.2 Å². The van der Waals surface area contributed by atoms with E-state index < -0.39 is 0 Å². The molecule has 1 fully saturated rings. The van der Waals surface area contributed by atoms with Gasteiger partial charge in [-0.05, 0) is 43.5 Å². The molecule has 0 bridgehead atoms. The molecule has 1 aliphatic carbocycles. The fraction of sp³-hybridized carbons (Fsp3) is 0.625. The molecule has 0 spiro atoms. The molecule has 1 N–H and O–H groups in total. The average molecular weight is 325 g/mol. The van der Waals surface area contributed by atoms with E-state index in [4.69, 9.17) is 0 Å². The first-order valence-corrected chi connectivity index (χ1v) is 8.26. The molecular formula is C16H25BrN2. The summed E-state index contributed by atoms with van der Waals surface area (Å²) >= 11 is 3.55. The Kier molecular flexibility index (Phi) is 5.86. The van der Waals surface area contributed by atoms with Crippen molar-refractivity contribution in [2.24, 2.45) is 0 Å². The highest BCUT2D eigenvalue weighted by molar-refractivity contribution is 9.10. The number of benzene rings is 1. The zero-order valence-corrected chi connectivity index (χ0v) is 13.6. The van der Waals surface area contributed by atoms with Gasteiger partial charge in [0.1, 0.15) is 0 Å². The van der Waals surface area contributed by atoms with Crippen molar-refractivity contribution < 1.29 is 0 Å². The predicted molar refractivity (Wildman–Crippen MR) is 85.4 cm³/mol. The van der Waals surface area contributed by atoms with E-state index >= 15 is 0 Å². The molecule has 0 radical (unpaired) electrons. The van der Waals surface area contributed by atoms with Gasteiger partial charge in [0.25, 0.3) is 0 Å². The monoisotopic (exact) mass is 324 g/mol. The van der Waals surface area contributed by atoms with E-state index in [1.165, 1.54) is 36.0 Å². The van der Waals surface area contributed by atoms with Crippen molar-refractivity contribution in [2.75, 3.05) is 19.6 Å². The van der Waals surface area contributed by atoms with Gasteiger partial charge in [0.05, 0.1) is 0 Å². The second-order valence-electron chi connectivity index (χ2n) is 5.33. The first-order chi connectivity index (χ1) is 9.24. The molecule has 1 atom stereocenters. The van der Waals surface area contributed by atoms with Gasteiger partial charge in [-0.3, -0.25) is 4.90 Å². The third-order valence-corrected chi connectivity index (χ3v) is 4.41. The molecule has 3 heteroatoms. The van der Waals surface area contributed by atoms with E-state index in [1.807, 2.05) is 0 Å². The van der Waals surface area contributed by atoms with Gasteiger partial charge in [0.2, 0.25) is 0 Å². The van der Waals surface area contributed by atoms with Crippen molar-refractivity contribution in [1.29, 1.82) is 0 Å². The van der Waals surface area contributed by atoms with Crippen LogP contribution < -0.4 is 5.32 Å². The van der Waals surface area contributed by atoms with Crippen LogP contribution >= 0.6 is 15.9 Å². The molecule has 0 heterocycles. The summed E-state index contributed by atoms with van der Waals surface area (Å²) in [5.74, 6) is 0. The zero-order chi connectivity index (χ0) is 13.7. The first-order valence-electron chi connectivity index (χ1n) is 7.47. The number of likely N-dealkylation sites (N-methyl/N-ethyl adjacent to an activating group) is 1. The number of nitrogens with zero attached hydrogens (tertiary/aromatic N) is 1. The summed E-state index contributed by atoms with van der Waals surface area (Å²) in [6, 6.07) is 9.98. The Balaban J connectivity index is 1.82. The molecule has 106 valence electrons. The van der Waals surface area contributed by atoms with E-state index in [-0.39, 0.29) is 0 Å². The number of rotatable bonds is 8. The number of nitrogens with one attached hydrogen (secondary N) is 1. The van der Waals surface area contributed by atoms with Gasteiger partial charge in [0, 0.05) is 29.6 Å².